The largest absolute Gasteiger partial charge is 0.493 e. The Balaban J connectivity index is 1.12. The van der Waals surface area contributed by atoms with E-state index >= 15 is 0 Å². The van der Waals surface area contributed by atoms with E-state index in [0.29, 0.717) is 57.1 Å². The van der Waals surface area contributed by atoms with Gasteiger partial charge in [-0.2, -0.15) is 0 Å². The highest BCUT2D eigenvalue weighted by Crippen LogP contribution is 2.31. The molecule has 0 amide bonds. The molecule has 126 heavy (non-hydrogen) atoms. The Morgan fingerprint density at radius 2 is 0.294 bits per heavy atom. The van der Waals surface area contributed by atoms with Crippen molar-refractivity contribution in [2.24, 2.45) is 0 Å². The van der Waals surface area contributed by atoms with Gasteiger partial charge in [0.2, 0.25) is 0 Å². The van der Waals surface area contributed by atoms with Gasteiger partial charge in [-0.3, -0.25) is 0 Å². The molecule has 6 aromatic carbocycles. The molecule has 0 spiro atoms. The fraction of sp³-hybridized carbons (Fsp3) is 0.615. The molecule has 0 saturated heterocycles. The lowest BCUT2D eigenvalue weighted by Gasteiger charge is -2.11. The van der Waals surface area contributed by atoms with E-state index in [9.17, 15) is 0 Å². The van der Waals surface area contributed by atoms with Crippen molar-refractivity contribution in [3.8, 4) is 104 Å². The van der Waals surface area contributed by atoms with Crippen LogP contribution in [0.5, 0.6) is 34.5 Å². The molecule has 0 saturated carbocycles. The third kappa shape index (κ3) is 50.0. The topological polar surface area (TPSA) is 94.1 Å². The molecule has 1 heterocycles. The molecule has 1 aromatic heterocycles. The molecule has 690 valence electrons. The highest BCUT2D eigenvalue weighted by molar-refractivity contribution is 5.68. The summed E-state index contributed by atoms with van der Waals surface area (Å²) in [5, 5.41) is 0. The highest BCUT2D eigenvalue weighted by Gasteiger charge is 2.15. The van der Waals surface area contributed by atoms with Gasteiger partial charge >= 0.3 is 0 Å². The summed E-state index contributed by atoms with van der Waals surface area (Å²) in [5.74, 6) is 27.4. The summed E-state index contributed by atoms with van der Waals surface area (Å²) in [6.45, 7) is 17.8. The van der Waals surface area contributed by atoms with Crippen molar-refractivity contribution in [3.63, 3.8) is 0 Å². The van der Waals surface area contributed by atoms with Crippen LogP contribution in [-0.4, -0.2) is 54.6 Å². The van der Waals surface area contributed by atoms with Crippen molar-refractivity contribution in [1.82, 2.24) is 15.0 Å². The first-order chi connectivity index (χ1) is 62.3. The van der Waals surface area contributed by atoms with Crippen LogP contribution in [0.15, 0.2) is 127 Å². The second kappa shape index (κ2) is 71.7. The van der Waals surface area contributed by atoms with E-state index < -0.39 is 0 Å². The molecule has 0 atom stereocenters. The second-order valence-electron chi connectivity index (χ2n) is 36.1. The first kappa shape index (κ1) is 105. The van der Waals surface area contributed by atoms with E-state index in [1.807, 2.05) is 0 Å². The van der Waals surface area contributed by atoms with Gasteiger partial charge in [0.25, 0.3) is 0 Å². The van der Waals surface area contributed by atoms with Crippen LogP contribution in [0.25, 0.3) is 34.2 Å². The molecule has 0 N–H and O–H groups in total. The van der Waals surface area contributed by atoms with E-state index in [1.54, 1.807) is 0 Å². The van der Waals surface area contributed by atoms with Crippen LogP contribution < -0.4 is 28.4 Å². The maximum atomic E-state index is 6.47. The molecule has 0 radical (unpaired) electrons. The Bertz CT molecular complexity index is 3510. The SMILES string of the molecule is CCCCCCCCCCCCOc1cc(C#Cc2ccc(-c3nc(-c4ccc(C#Cc5cc(OCCCCCCCCCCCC)cc(OCCCCCCCCCCCC)c5)cc4)nc(-c4ccc(C#Cc5cc(OCCCCCCCCCCCC)cc(OCCCCCCCCCCCC)c5)cc4)n3)cc2)cc(OCCCCCCCCCCCC)c1. The van der Waals surface area contributed by atoms with Gasteiger partial charge in [0, 0.05) is 68.3 Å². The number of ether oxygens (including phenoxy) is 6. The van der Waals surface area contributed by atoms with Crippen molar-refractivity contribution >= 4 is 0 Å². The fourth-order valence-electron chi connectivity index (χ4n) is 16.4. The number of unbranched alkanes of at least 4 members (excludes halogenated alkanes) is 54. The molecular formula is C117H171N3O6. The lowest BCUT2D eigenvalue weighted by molar-refractivity contribution is 0.289. The monoisotopic (exact) mass is 1710 g/mol. The lowest BCUT2D eigenvalue weighted by atomic mass is 10.1. The minimum Gasteiger partial charge on any atom is -0.493 e. The average molecular weight is 1720 g/mol. The molecule has 0 bridgehead atoms. The Morgan fingerprint density at radius 1 is 0.159 bits per heavy atom. The van der Waals surface area contributed by atoms with Gasteiger partial charge in [-0.25, -0.2) is 15.0 Å². The quantitative estimate of drug-likeness (QED) is 0.0273. The summed E-state index contributed by atoms with van der Waals surface area (Å²) in [6, 6.07) is 43.3. The summed E-state index contributed by atoms with van der Waals surface area (Å²) >= 11 is 0. The van der Waals surface area contributed by atoms with Gasteiger partial charge in [0.05, 0.1) is 39.6 Å². The van der Waals surface area contributed by atoms with Gasteiger partial charge in [-0.15, -0.1) is 0 Å². The van der Waals surface area contributed by atoms with Gasteiger partial charge < -0.3 is 28.4 Å². The number of rotatable bonds is 75. The third-order valence-electron chi connectivity index (χ3n) is 24.4. The molecule has 0 aliphatic rings. The summed E-state index contributed by atoms with van der Waals surface area (Å²) in [7, 11) is 0. The van der Waals surface area contributed by atoms with E-state index in [1.165, 1.54) is 347 Å². The molecule has 0 aliphatic carbocycles. The summed E-state index contributed by atoms with van der Waals surface area (Å²) < 4.78 is 38.8. The van der Waals surface area contributed by atoms with Crippen LogP contribution in [0.1, 0.15) is 460 Å². The van der Waals surface area contributed by atoms with Crippen LogP contribution in [0.4, 0.5) is 0 Å². The maximum absolute atomic E-state index is 6.47. The first-order valence-electron chi connectivity index (χ1n) is 52.2. The van der Waals surface area contributed by atoms with Crippen LogP contribution in [0.2, 0.25) is 0 Å². The molecule has 7 rings (SSSR count). The van der Waals surface area contributed by atoms with Crippen molar-refractivity contribution in [2.75, 3.05) is 39.6 Å². The zero-order valence-electron chi connectivity index (χ0n) is 80.6. The number of hydrogen-bond acceptors (Lipinski definition) is 9. The number of aromatic nitrogens is 3. The average Bonchev–Trinajstić information content (AvgIpc) is 0.799. The van der Waals surface area contributed by atoms with E-state index in [0.717, 1.165) is 123 Å². The standard InChI is InChI=1S/C117H171N3O6/c1-7-13-19-25-31-37-43-49-55-61-85-121-109-91-103(92-110(97-109)122-86-62-56-50-44-38-32-26-20-14-8-2)70-67-100-73-79-106(80-74-100)115-118-116(107-81-75-101(76-82-107)68-71-104-93-111(123-87-63-57-51-45-39-33-27-21-15-9-3)98-112(94-104)124-88-64-58-52-46-40-34-28-22-16-10-4)120-117(119-115)108-83-77-102(78-84-108)69-72-105-95-113(125-89-65-59-53-47-41-35-29-23-17-11-5)99-114(96-105)126-90-66-60-54-48-42-36-30-24-18-12-6/h73-84,91-99H,7-66,85-90H2,1-6H3. The zero-order valence-corrected chi connectivity index (χ0v) is 80.6. The molecule has 9 heteroatoms. The Kier molecular flexibility index (Phi) is 59.7. The molecule has 0 aliphatic heterocycles. The van der Waals surface area contributed by atoms with Crippen molar-refractivity contribution in [2.45, 2.75) is 427 Å². The van der Waals surface area contributed by atoms with Crippen molar-refractivity contribution < 1.29 is 28.4 Å². The van der Waals surface area contributed by atoms with Crippen LogP contribution in [-0.2, 0) is 0 Å². The lowest BCUT2D eigenvalue weighted by Crippen LogP contribution is -2.01. The first-order valence-corrected chi connectivity index (χ1v) is 52.2. The predicted octanol–water partition coefficient (Wildman–Crippen LogP) is 34.9. The Hall–Kier alpha value is -8.19. The number of nitrogens with zero attached hydrogens (tertiary/aromatic N) is 3. The minimum absolute atomic E-state index is 0.557. The van der Waals surface area contributed by atoms with Crippen molar-refractivity contribution in [3.05, 3.63) is 161 Å². The van der Waals surface area contributed by atoms with Crippen molar-refractivity contribution in [1.29, 1.82) is 0 Å². The molecule has 0 unspecified atom stereocenters. The zero-order chi connectivity index (χ0) is 88.5. The molecule has 0 fully saturated rings. The van der Waals surface area contributed by atoms with E-state index in [2.05, 4.69) is 204 Å². The predicted molar refractivity (Wildman–Crippen MR) is 537 cm³/mol. The van der Waals surface area contributed by atoms with E-state index in [-0.39, 0.29) is 0 Å². The summed E-state index contributed by atoms with van der Waals surface area (Å²) in [5.41, 5.74) is 7.77. The van der Waals surface area contributed by atoms with Gasteiger partial charge in [-0.1, -0.05) is 424 Å². The smallest absolute Gasteiger partial charge is 0.164 e. The fourth-order valence-corrected chi connectivity index (χ4v) is 16.4. The van der Waals surface area contributed by atoms with Gasteiger partial charge in [0.1, 0.15) is 34.5 Å². The van der Waals surface area contributed by atoms with Crippen LogP contribution >= 0.6 is 0 Å². The van der Waals surface area contributed by atoms with Gasteiger partial charge in [0.15, 0.2) is 17.5 Å². The summed E-state index contributed by atoms with van der Waals surface area (Å²) in [4.78, 5) is 15.7. The van der Waals surface area contributed by atoms with Crippen LogP contribution in [0, 0.1) is 35.5 Å². The van der Waals surface area contributed by atoms with Gasteiger partial charge in [-0.05, 0) is 148 Å². The Labute approximate surface area is 770 Å². The summed E-state index contributed by atoms with van der Waals surface area (Å²) in [6.07, 6.45) is 77.2. The molecule has 7 aromatic rings. The highest BCUT2D eigenvalue weighted by atomic mass is 16.5. The van der Waals surface area contributed by atoms with Crippen LogP contribution in [0.3, 0.4) is 0 Å². The van der Waals surface area contributed by atoms with E-state index in [4.69, 9.17) is 43.4 Å². The normalized spacial score (nSPS) is 11.1. The third-order valence-corrected chi connectivity index (χ3v) is 24.4. The molecular weight excluding hydrogens is 1540 g/mol. The number of benzene rings is 6. The second-order valence-corrected chi connectivity index (χ2v) is 36.1. The number of hydrogen-bond donors (Lipinski definition) is 0. The molecule has 9 nitrogen and oxygen atoms in total. The maximum Gasteiger partial charge on any atom is 0.164 e. The minimum atomic E-state index is 0.557. The Morgan fingerprint density at radius 3 is 0.444 bits per heavy atom.